The van der Waals surface area contributed by atoms with Crippen LogP contribution in [-0.2, 0) is 0 Å². The van der Waals surface area contributed by atoms with Crippen LogP contribution in [0.2, 0.25) is 0 Å². The molecule has 0 aliphatic carbocycles. The van der Waals surface area contributed by atoms with Gasteiger partial charge in [0.15, 0.2) is 5.82 Å². The summed E-state index contributed by atoms with van der Waals surface area (Å²) in [4.78, 5) is 2.52. The number of rotatable bonds is 5. The van der Waals surface area contributed by atoms with E-state index in [-0.39, 0.29) is 12.4 Å². The lowest BCUT2D eigenvalue weighted by Gasteiger charge is -2.31. The van der Waals surface area contributed by atoms with Gasteiger partial charge in [-0.25, -0.2) is 4.52 Å². The molecule has 0 aromatic carbocycles. The van der Waals surface area contributed by atoms with E-state index in [9.17, 15) is 0 Å². The summed E-state index contributed by atoms with van der Waals surface area (Å²) < 4.78 is 2.87. The molecule has 3 rings (SSSR count). The van der Waals surface area contributed by atoms with Gasteiger partial charge < -0.3 is 27.9 Å². The Morgan fingerprint density at radius 2 is 2.13 bits per heavy atom. The van der Waals surface area contributed by atoms with Crippen molar-refractivity contribution in [2.24, 2.45) is 0 Å². The number of halogens is 1. The highest BCUT2D eigenvalue weighted by Gasteiger charge is 2.31. The number of nitrogen functional groups attached to an aromatic ring is 1. The highest BCUT2D eigenvalue weighted by Crippen LogP contribution is 2.22. The average Bonchev–Trinajstić information content (AvgIpc) is 3.05. The van der Waals surface area contributed by atoms with E-state index in [0.717, 1.165) is 40.6 Å². The molecule has 23 heavy (non-hydrogen) atoms. The quantitative estimate of drug-likeness (QED) is 0.626. The molecular formula is C16H27ClN6. The van der Waals surface area contributed by atoms with Crippen LogP contribution in [0.3, 0.4) is 0 Å². The number of nitrogens with zero attached hydrogens (tertiary/aromatic N) is 4. The molecule has 0 radical (unpaired) electrons. The summed E-state index contributed by atoms with van der Waals surface area (Å²) in [5.74, 6) is 0.786. The fraction of sp³-hybridized carbons (Fsp3) is 0.562. The SMILES string of the molecule is C[N+](C)(C)C1CCN(CCNc2nn3ccccc3c2N)C1.[Cl-]. The fourth-order valence-electron chi connectivity index (χ4n) is 3.13. The lowest BCUT2D eigenvalue weighted by atomic mass is 10.2. The van der Waals surface area contributed by atoms with Crippen molar-refractivity contribution in [3.63, 3.8) is 0 Å². The summed E-state index contributed by atoms with van der Waals surface area (Å²) in [5.41, 5.74) is 7.83. The van der Waals surface area contributed by atoms with Crippen LogP contribution in [0.4, 0.5) is 11.5 Å². The molecule has 2 aromatic heterocycles. The van der Waals surface area contributed by atoms with Crippen molar-refractivity contribution in [2.75, 3.05) is 58.4 Å². The number of pyridine rings is 1. The molecule has 0 bridgehead atoms. The lowest BCUT2D eigenvalue weighted by Crippen LogP contribution is -3.00. The Balaban J connectivity index is 0.00000192. The summed E-state index contributed by atoms with van der Waals surface area (Å²) in [6.45, 7) is 4.26. The number of hydrogen-bond acceptors (Lipinski definition) is 4. The molecule has 1 unspecified atom stereocenters. The van der Waals surface area contributed by atoms with E-state index in [1.54, 1.807) is 0 Å². The number of fused-ring (bicyclic) bond motifs is 1. The topological polar surface area (TPSA) is 58.6 Å². The molecular weight excluding hydrogens is 312 g/mol. The van der Waals surface area contributed by atoms with E-state index in [1.807, 2.05) is 28.9 Å². The molecule has 0 saturated carbocycles. The molecule has 1 saturated heterocycles. The number of likely N-dealkylation sites (tertiary alicyclic amines) is 1. The first-order chi connectivity index (χ1) is 10.4. The number of nitrogens with two attached hydrogens (primary N) is 1. The second-order valence-electron chi connectivity index (χ2n) is 7.08. The third kappa shape index (κ3) is 3.88. The highest BCUT2D eigenvalue weighted by atomic mass is 35.5. The molecule has 2 aromatic rings. The van der Waals surface area contributed by atoms with Gasteiger partial charge in [-0.2, -0.15) is 0 Å². The van der Waals surface area contributed by atoms with Crippen LogP contribution in [-0.4, -0.2) is 72.4 Å². The van der Waals surface area contributed by atoms with Crippen LogP contribution in [0, 0.1) is 0 Å². The van der Waals surface area contributed by atoms with E-state index >= 15 is 0 Å². The summed E-state index contributed by atoms with van der Waals surface area (Å²) in [5, 5.41) is 7.87. The summed E-state index contributed by atoms with van der Waals surface area (Å²) in [7, 11) is 6.84. The molecule has 128 valence electrons. The molecule has 3 N–H and O–H groups in total. The first-order valence-electron chi connectivity index (χ1n) is 7.95. The Hall–Kier alpha value is -1.50. The van der Waals surface area contributed by atoms with Crippen LogP contribution in [0.15, 0.2) is 24.4 Å². The third-order valence-electron chi connectivity index (χ3n) is 4.64. The van der Waals surface area contributed by atoms with Gasteiger partial charge in [-0.05, 0) is 12.1 Å². The van der Waals surface area contributed by atoms with E-state index in [4.69, 9.17) is 5.73 Å². The van der Waals surface area contributed by atoms with Gasteiger partial charge in [0.25, 0.3) is 0 Å². The Morgan fingerprint density at radius 1 is 1.35 bits per heavy atom. The van der Waals surface area contributed by atoms with Crippen molar-refractivity contribution in [2.45, 2.75) is 12.5 Å². The molecule has 1 aliphatic heterocycles. The number of nitrogens with one attached hydrogen (secondary N) is 1. The van der Waals surface area contributed by atoms with Gasteiger partial charge >= 0.3 is 0 Å². The van der Waals surface area contributed by atoms with Crippen molar-refractivity contribution in [1.29, 1.82) is 0 Å². The second-order valence-corrected chi connectivity index (χ2v) is 7.08. The standard InChI is InChI=1S/C16H27N6.ClH/c1-22(2,3)13-7-10-20(12-13)11-8-18-16-15(17)14-6-4-5-9-21(14)19-16;/h4-6,9,13H,7-8,10-12,17H2,1-3H3,(H,18,19);1H/q+1;/p-1. The van der Waals surface area contributed by atoms with Crippen molar-refractivity contribution in [3.8, 4) is 0 Å². The Labute approximate surface area is 144 Å². The predicted octanol–water partition coefficient (Wildman–Crippen LogP) is -1.89. The first-order valence-corrected chi connectivity index (χ1v) is 7.95. The zero-order valence-corrected chi connectivity index (χ0v) is 14.9. The fourth-order valence-corrected chi connectivity index (χ4v) is 3.13. The summed E-state index contributed by atoms with van der Waals surface area (Å²) >= 11 is 0. The minimum atomic E-state index is 0. The molecule has 0 spiro atoms. The van der Waals surface area contributed by atoms with Gasteiger partial charge in [0.1, 0.15) is 11.7 Å². The molecule has 0 amide bonds. The largest absolute Gasteiger partial charge is 1.00 e. The zero-order valence-electron chi connectivity index (χ0n) is 14.2. The molecule has 1 atom stereocenters. The van der Waals surface area contributed by atoms with Gasteiger partial charge in [-0.15, -0.1) is 5.10 Å². The Bertz CT molecular complexity index is 648. The van der Waals surface area contributed by atoms with E-state index in [0.29, 0.717) is 0 Å². The number of hydrogen-bond donors (Lipinski definition) is 2. The zero-order chi connectivity index (χ0) is 15.7. The minimum Gasteiger partial charge on any atom is -1.00 e. The van der Waals surface area contributed by atoms with Gasteiger partial charge in [0.2, 0.25) is 0 Å². The normalized spacial score (nSPS) is 19.0. The maximum Gasteiger partial charge on any atom is 0.172 e. The number of quaternary nitrogens is 1. The predicted molar refractivity (Wildman–Crippen MR) is 91.0 cm³/mol. The monoisotopic (exact) mass is 338 g/mol. The van der Waals surface area contributed by atoms with Crippen LogP contribution in [0.1, 0.15) is 6.42 Å². The van der Waals surface area contributed by atoms with E-state index in [1.165, 1.54) is 19.5 Å². The number of aromatic nitrogens is 2. The molecule has 1 fully saturated rings. The van der Waals surface area contributed by atoms with Gasteiger partial charge in [-0.1, -0.05) is 6.07 Å². The highest BCUT2D eigenvalue weighted by molar-refractivity contribution is 5.80. The van der Waals surface area contributed by atoms with Crippen LogP contribution in [0.5, 0.6) is 0 Å². The van der Waals surface area contributed by atoms with Crippen molar-refractivity contribution >= 4 is 17.0 Å². The molecule has 6 nitrogen and oxygen atoms in total. The van der Waals surface area contributed by atoms with Gasteiger partial charge in [0.05, 0.1) is 33.2 Å². The summed E-state index contributed by atoms with van der Waals surface area (Å²) in [6.07, 6.45) is 3.20. The van der Waals surface area contributed by atoms with E-state index in [2.05, 4.69) is 36.5 Å². The van der Waals surface area contributed by atoms with Gasteiger partial charge in [-0.3, -0.25) is 4.90 Å². The minimum absolute atomic E-state index is 0. The lowest BCUT2D eigenvalue weighted by molar-refractivity contribution is -0.893. The molecule has 1 aliphatic rings. The Kier molecular flexibility index (Phi) is 5.39. The molecule has 3 heterocycles. The third-order valence-corrected chi connectivity index (χ3v) is 4.64. The Morgan fingerprint density at radius 3 is 2.78 bits per heavy atom. The van der Waals surface area contributed by atoms with Crippen LogP contribution >= 0.6 is 0 Å². The van der Waals surface area contributed by atoms with Crippen molar-refractivity contribution in [3.05, 3.63) is 24.4 Å². The second kappa shape index (κ2) is 6.95. The number of anilines is 2. The van der Waals surface area contributed by atoms with Crippen molar-refractivity contribution in [1.82, 2.24) is 14.5 Å². The van der Waals surface area contributed by atoms with E-state index < -0.39 is 0 Å². The van der Waals surface area contributed by atoms with Crippen molar-refractivity contribution < 1.29 is 16.9 Å². The summed E-state index contributed by atoms with van der Waals surface area (Å²) in [6, 6.07) is 6.66. The number of likely N-dealkylation sites (N-methyl/N-ethyl adjacent to an activating group) is 1. The maximum atomic E-state index is 6.15. The molecule has 7 heteroatoms. The first kappa shape index (κ1) is 17.8. The van der Waals surface area contributed by atoms with Crippen LogP contribution < -0.4 is 23.5 Å². The smallest absolute Gasteiger partial charge is 0.172 e. The van der Waals surface area contributed by atoms with Crippen LogP contribution in [0.25, 0.3) is 5.52 Å². The van der Waals surface area contributed by atoms with Gasteiger partial charge in [0, 0.05) is 32.3 Å². The maximum absolute atomic E-state index is 6.15. The average molecular weight is 339 g/mol.